The SMILES string of the molecule is Cc1cc(Nc2nccn3c(-c4ccc(OC(C)F)cc4)cnc23)ccc1C=O. The second-order valence-electron chi connectivity index (χ2n) is 6.61. The van der Waals surface area contributed by atoms with E-state index in [1.165, 1.54) is 6.92 Å². The molecule has 0 amide bonds. The Hall–Kier alpha value is -3.74. The summed E-state index contributed by atoms with van der Waals surface area (Å²) in [5, 5.41) is 3.26. The Morgan fingerprint density at radius 1 is 1.17 bits per heavy atom. The highest BCUT2D eigenvalue weighted by atomic mass is 19.1. The quantitative estimate of drug-likeness (QED) is 0.472. The number of carbonyl (C=O) groups excluding carboxylic acids is 1. The summed E-state index contributed by atoms with van der Waals surface area (Å²) in [5.74, 6) is 1.07. The predicted molar refractivity (Wildman–Crippen MR) is 109 cm³/mol. The predicted octanol–water partition coefficient (Wildman–Crippen LogP) is 4.96. The van der Waals surface area contributed by atoms with Gasteiger partial charge in [-0.3, -0.25) is 9.20 Å². The van der Waals surface area contributed by atoms with Gasteiger partial charge >= 0.3 is 0 Å². The molecule has 0 fully saturated rings. The average molecular weight is 390 g/mol. The molecular weight excluding hydrogens is 371 g/mol. The van der Waals surface area contributed by atoms with E-state index in [-0.39, 0.29) is 0 Å². The number of halogens is 1. The highest BCUT2D eigenvalue weighted by Gasteiger charge is 2.11. The molecule has 0 radical (unpaired) electrons. The normalized spacial score (nSPS) is 12.0. The van der Waals surface area contributed by atoms with Crippen molar-refractivity contribution in [2.45, 2.75) is 20.2 Å². The third kappa shape index (κ3) is 3.80. The summed E-state index contributed by atoms with van der Waals surface area (Å²) >= 11 is 0. The molecule has 4 aromatic rings. The van der Waals surface area contributed by atoms with Crippen LogP contribution in [-0.4, -0.2) is 27.0 Å². The number of carbonyl (C=O) groups is 1. The van der Waals surface area contributed by atoms with Crippen molar-refractivity contribution in [2.75, 3.05) is 5.32 Å². The van der Waals surface area contributed by atoms with Crippen molar-refractivity contribution < 1.29 is 13.9 Å². The third-order valence-corrected chi connectivity index (χ3v) is 4.54. The van der Waals surface area contributed by atoms with Gasteiger partial charge < -0.3 is 10.1 Å². The molecule has 0 aliphatic rings. The number of benzene rings is 2. The second kappa shape index (κ2) is 7.71. The van der Waals surface area contributed by atoms with Crippen LogP contribution in [0.25, 0.3) is 16.9 Å². The number of ether oxygens (including phenoxy) is 1. The molecule has 7 heteroatoms. The zero-order valence-corrected chi connectivity index (χ0v) is 16.0. The fourth-order valence-electron chi connectivity index (χ4n) is 3.14. The number of fused-ring (bicyclic) bond motifs is 1. The van der Waals surface area contributed by atoms with Gasteiger partial charge in [0.15, 0.2) is 11.5 Å². The van der Waals surface area contributed by atoms with Crippen LogP contribution in [0.15, 0.2) is 61.1 Å². The molecule has 146 valence electrons. The smallest absolute Gasteiger partial charge is 0.235 e. The number of hydrogen-bond donors (Lipinski definition) is 1. The maximum Gasteiger partial charge on any atom is 0.235 e. The molecule has 0 aliphatic heterocycles. The molecule has 0 spiro atoms. The number of aldehydes is 1. The first-order valence-corrected chi connectivity index (χ1v) is 9.11. The fourth-order valence-corrected chi connectivity index (χ4v) is 3.14. The Balaban J connectivity index is 1.66. The molecule has 1 N–H and O–H groups in total. The summed E-state index contributed by atoms with van der Waals surface area (Å²) in [4.78, 5) is 19.9. The van der Waals surface area contributed by atoms with Gasteiger partial charge in [-0.05, 0) is 55.0 Å². The van der Waals surface area contributed by atoms with E-state index in [4.69, 9.17) is 4.74 Å². The van der Waals surface area contributed by atoms with Crippen LogP contribution in [0.5, 0.6) is 5.75 Å². The summed E-state index contributed by atoms with van der Waals surface area (Å²) in [7, 11) is 0. The van der Waals surface area contributed by atoms with Crippen LogP contribution in [0.2, 0.25) is 0 Å². The number of nitrogens with zero attached hydrogens (tertiary/aromatic N) is 3. The molecule has 0 bridgehead atoms. The monoisotopic (exact) mass is 390 g/mol. The maximum absolute atomic E-state index is 13.0. The zero-order chi connectivity index (χ0) is 20.4. The molecule has 2 aromatic carbocycles. The maximum atomic E-state index is 13.0. The Morgan fingerprint density at radius 2 is 1.97 bits per heavy atom. The minimum Gasteiger partial charge on any atom is -0.461 e. The number of aryl methyl sites for hydroxylation is 1. The van der Waals surface area contributed by atoms with Crippen LogP contribution in [-0.2, 0) is 0 Å². The Morgan fingerprint density at radius 3 is 2.66 bits per heavy atom. The van der Waals surface area contributed by atoms with Gasteiger partial charge in [0.05, 0.1) is 11.9 Å². The standard InChI is InChI=1S/C22H19FN4O2/c1-14-11-18(6-3-17(14)13-28)26-21-22-25-12-20(27(22)10-9-24-21)16-4-7-19(8-5-16)29-15(2)23/h3-13,15H,1-2H3,(H,24,26). The van der Waals surface area contributed by atoms with E-state index in [1.807, 2.05) is 41.8 Å². The Labute approximate surface area is 167 Å². The minimum atomic E-state index is -1.36. The summed E-state index contributed by atoms with van der Waals surface area (Å²) in [6.07, 6.45) is 4.76. The van der Waals surface area contributed by atoms with Crippen LogP contribution >= 0.6 is 0 Å². The van der Waals surface area contributed by atoms with E-state index in [0.29, 0.717) is 22.8 Å². The van der Waals surface area contributed by atoms with E-state index >= 15 is 0 Å². The van der Waals surface area contributed by atoms with Crippen LogP contribution in [0, 0.1) is 6.92 Å². The number of hydrogen-bond acceptors (Lipinski definition) is 5. The van der Waals surface area contributed by atoms with Gasteiger partial charge in [-0.15, -0.1) is 0 Å². The highest BCUT2D eigenvalue weighted by molar-refractivity contribution is 5.80. The topological polar surface area (TPSA) is 68.5 Å². The van der Waals surface area contributed by atoms with Crippen molar-refractivity contribution in [3.8, 4) is 17.0 Å². The molecule has 0 saturated heterocycles. The largest absolute Gasteiger partial charge is 0.461 e. The lowest BCUT2D eigenvalue weighted by Crippen LogP contribution is -2.03. The van der Waals surface area contributed by atoms with Gasteiger partial charge in [-0.1, -0.05) is 0 Å². The van der Waals surface area contributed by atoms with Gasteiger partial charge in [-0.25, -0.2) is 14.4 Å². The Kier molecular flexibility index (Phi) is 4.95. The molecule has 29 heavy (non-hydrogen) atoms. The minimum absolute atomic E-state index is 0.468. The number of imidazole rings is 1. The fraction of sp³-hybridized carbons (Fsp3) is 0.136. The van der Waals surface area contributed by atoms with Crippen LogP contribution in [0.1, 0.15) is 22.8 Å². The number of aromatic nitrogens is 3. The van der Waals surface area contributed by atoms with Crippen LogP contribution in [0.3, 0.4) is 0 Å². The lowest BCUT2D eigenvalue weighted by Gasteiger charge is -2.10. The molecule has 2 aromatic heterocycles. The first-order valence-electron chi connectivity index (χ1n) is 9.11. The molecule has 1 unspecified atom stereocenters. The van der Waals surface area contributed by atoms with Crippen molar-refractivity contribution in [2.24, 2.45) is 0 Å². The van der Waals surface area contributed by atoms with Crippen molar-refractivity contribution >= 4 is 23.4 Å². The van der Waals surface area contributed by atoms with Gasteiger partial charge in [0, 0.05) is 36.1 Å². The number of rotatable bonds is 6. The Bertz CT molecular complexity index is 1170. The molecule has 0 aliphatic carbocycles. The van der Waals surface area contributed by atoms with Crippen molar-refractivity contribution in [1.82, 2.24) is 14.4 Å². The van der Waals surface area contributed by atoms with Gasteiger partial charge in [-0.2, -0.15) is 0 Å². The number of alkyl halides is 1. The molecule has 6 nitrogen and oxygen atoms in total. The summed E-state index contributed by atoms with van der Waals surface area (Å²) in [6, 6.07) is 12.7. The van der Waals surface area contributed by atoms with Crippen LogP contribution < -0.4 is 10.1 Å². The molecule has 0 saturated carbocycles. The number of anilines is 2. The van der Waals surface area contributed by atoms with E-state index in [0.717, 1.165) is 28.8 Å². The first kappa shape index (κ1) is 18.6. The van der Waals surface area contributed by atoms with E-state index in [2.05, 4.69) is 15.3 Å². The van der Waals surface area contributed by atoms with Crippen molar-refractivity contribution in [3.63, 3.8) is 0 Å². The molecular formula is C22H19FN4O2. The lowest BCUT2D eigenvalue weighted by molar-refractivity contribution is 0.0860. The summed E-state index contributed by atoms with van der Waals surface area (Å²) < 4.78 is 20.0. The van der Waals surface area contributed by atoms with Crippen molar-refractivity contribution in [3.05, 3.63) is 72.2 Å². The van der Waals surface area contributed by atoms with Gasteiger partial charge in [0.25, 0.3) is 0 Å². The van der Waals surface area contributed by atoms with E-state index < -0.39 is 6.36 Å². The first-order chi connectivity index (χ1) is 14.0. The molecule has 1 atom stereocenters. The van der Waals surface area contributed by atoms with Crippen molar-refractivity contribution in [1.29, 1.82) is 0 Å². The summed E-state index contributed by atoms with van der Waals surface area (Å²) in [5.41, 5.74) is 4.81. The lowest BCUT2D eigenvalue weighted by atomic mass is 10.1. The van der Waals surface area contributed by atoms with E-state index in [1.54, 1.807) is 30.6 Å². The van der Waals surface area contributed by atoms with Crippen LogP contribution in [0.4, 0.5) is 15.9 Å². The zero-order valence-electron chi connectivity index (χ0n) is 16.0. The highest BCUT2D eigenvalue weighted by Crippen LogP contribution is 2.27. The van der Waals surface area contributed by atoms with E-state index in [9.17, 15) is 9.18 Å². The van der Waals surface area contributed by atoms with Gasteiger partial charge in [0.2, 0.25) is 6.36 Å². The second-order valence-corrected chi connectivity index (χ2v) is 6.61. The molecule has 2 heterocycles. The number of nitrogens with one attached hydrogen (secondary N) is 1. The molecule has 4 rings (SSSR count). The average Bonchev–Trinajstić information content (AvgIpc) is 3.13. The van der Waals surface area contributed by atoms with Gasteiger partial charge in [0.1, 0.15) is 12.0 Å². The summed E-state index contributed by atoms with van der Waals surface area (Å²) in [6.45, 7) is 3.22. The third-order valence-electron chi connectivity index (χ3n) is 4.54.